The van der Waals surface area contributed by atoms with E-state index in [1.54, 1.807) is 6.33 Å². The van der Waals surface area contributed by atoms with Crippen LogP contribution < -0.4 is 10.1 Å². The van der Waals surface area contributed by atoms with Crippen molar-refractivity contribution in [1.82, 2.24) is 25.0 Å². The lowest BCUT2D eigenvalue weighted by atomic mass is 10.2. The van der Waals surface area contributed by atoms with E-state index in [-0.39, 0.29) is 24.0 Å². The highest BCUT2D eigenvalue weighted by atomic mass is 127. The van der Waals surface area contributed by atoms with Gasteiger partial charge in [0.1, 0.15) is 17.9 Å². The highest BCUT2D eigenvalue weighted by molar-refractivity contribution is 14.0. The van der Waals surface area contributed by atoms with Gasteiger partial charge < -0.3 is 24.3 Å². The quantitative estimate of drug-likeness (QED) is 0.181. The van der Waals surface area contributed by atoms with Crippen molar-refractivity contribution in [3.8, 4) is 5.75 Å². The van der Waals surface area contributed by atoms with Crippen LogP contribution in [0.2, 0.25) is 0 Å². The smallest absolute Gasteiger partial charge is 0.194 e. The van der Waals surface area contributed by atoms with Gasteiger partial charge in [0.25, 0.3) is 0 Å². The van der Waals surface area contributed by atoms with Crippen molar-refractivity contribution in [1.29, 1.82) is 0 Å². The number of aliphatic imine (C=N–C) groups is 1. The molecule has 0 unspecified atom stereocenters. The molecule has 0 aliphatic carbocycles. The first-order chi connectivity index (χ1) is 14.7. The molecule has 9 heteroatoms. The third kappa shape index (κ3) is 9.86. The fourth-order valence-electron chi connectivity index (χ4n) is 3.04. The highest BCUT2D eigenvalue weighted by Gasteiger charge is 2.08. The Kier molecular flexibility index (Phi) is 13.9. The van der Waals surface area contributed by atoms with Gasteiger partial charge in [-0.1, -0.05) is 19.1 Å². The summed E-state index contributed by atoms with van der Waals surface area (Å²) in [5.41, 5.74) is 1.21. The largest absolute Gasteiger partial charge is 0.494 e. The Labute approximate surface area is 203 Å². The number of aromatic nitrogens is 3. The van der Waals surface area contributed by atoms with Gasteiger partial charge in [0.2, 0.25) is 0 Å². The summed E-state index contributed by atoms with van der Waals surface area (Å²) in [5.74, 6) is 2.77. The van der Waals surface area contributed by atoms with Crippen LogP contribution in [0.3, 0.4) is 0 Å². The lowest BCUT2D eigenvalue weighted by Crippen LogP contribution is -2.40. The van der Waals surface area contributed by atoms with Gasteiger partial charge in [-0.25, -0.2) is 0 Å². The van der Waals surface area contributed by atoms with Gasteiger partial charge in [-0.3, -0.25) is 4.99 Å². The van der Waals surface area contributed by atoms with Crippen molar-refractivity contribution in [2.45, 2.75) is 46.7 Å². The van der Waals surface area contributed by atoms with Crippen LogP contribution in [0.15, 0.2) is 35.6 Å². The minimum Gasteiger partial charge on any atom is -0.494 e. The molecule has 0 aliphatic heterocycles. The number of rotatable bonds is 13. The van der Waals surface area contributed by atoms with Gasteiger partial charge in [0.15, 0.2) is 5.96 Å². The zero-order chi connectivity index (χ0) is 21.6. The number of halogens is 1. The maximum atomic E-state index is 5.53. The average molecular weight is 544 g/mol. The summed E-state index contributed by atoms with van der Waals surface area (Å²) in [6.07, 6.45) is 3.56. The van der Waals surface area contributed by atoms with Crippen LogP contribution in [0.1, 0.15) is 38.6 Å². The molecule has 1 heterocycles. The van der Waals surface area contributed by atoms with Crippen LogP contribution in [0.25, 0.3) is 0 Å². The number of aryl methyl sites for hydroxylation is 1. The summed E-state index contributed by atoms with van der Waals surface area (Å²) >= 11 is 0. The molecule has 0 fully saturated rings. The lowest BCUT2D eigenvalue weighted by Gasteiger charge is -2.23. The van der Waals surface area contributed by atoms with Crippen LogP contribution >= 0.6 is 24.0 Å². The SMILES string of the molecule is CCOCCCN=C(NCCn1cnnc1CC)N(C)Cc1ccc(OCC)cc1.I. The van der Waals surface area contributed by atoms with E-state index in [2.05, 4.69) is 51.1 Å². The Hall–Kier alpha value is -1.88. The number of ether oxygens (including phenoxy) is 2. The van der Waals surface area contributed by atoms with E-state index in [1.807, 2.05) is 26.0 Å². The van der Waals surface area contributed by atoms with E-state index in [0.717, 1.165) is 69.8 Å². The van der Waals surface area contributed by atoms with Gasteiger partial charge in [0, 0.05) is 52.9 Å². The molecule has 8 nitrogen and oxygen atoms in total. The first-order valence-corrected chi connectivity index (χ1v) is 10.8. The van der Waals surface area contributed by atoms with Crippen molar-refractivity contribution in [2.24, 2.45) is 4.99 Å². The van der Waals surface area contributed by atoms with Crippen LogP contribution in [-0.2, 0) is 24.2 Å². The molecule has 0 spiro atoms. The topological polar surface area (TPSA) is 76.8 Å². The molecule has 0 atom stereocenters. The van der Waals surface area contributed by atoms with Crippen molar-refractivity contribution in [3.05, 3.63) is 42.0 Å². The number of nitrogens with zero attached hydrogens (tertiary/aromatic N) is 5. The van der Waals surface area contributed by atoms with Crippen molar-refractivity contribution < 1.29 is 9.47 Å². The van der Waals surface area contributed by atoms with Crippen LogP contribution in [0.4, 0.5) is 0 Å². The molecular weight excluding hydrogens is 507 g/mol. The van der Waals surface area contributed by atoms with Gasteiger partial charge in [-0.15, -0.1) is 34.2 Å². The van der Waals surface area contributed by atoms with Gasteiger partial charge in [-0.05, 0) is 38.0 Å². The van der Waals surface area contributed by atoms with Gasteiger partial charge in [-0.2, -0.15) is 0 Å². The van der Waals surface area contributed by atoms with E-state index in [9.17, 15) is 0 Å². The maximum absolute atomic E-state index is 5.53. The summed E-state index contributed by atoms with van der Waals surface area (Å²) in [6, 6.07) is 8.21. The second-order valence-electron chi connectivity index (χ2n) is 6.91. The Morgan fingerprint density at radius 3 is 2.61 bits per heavy atom. The first-order valence-electron chi connectivity index (χ1n) is 10.8. The average Bonchev–Trinajstić information content (AvgIpc) is 3.21. The molecule has 1 aromatic heterocycles. The third-order valence-electron chi connectivity index (χ3n) is 4.58. The summed E-state index contributed by atoms with van der Waals surface area (Å²) in [4.78, 5) is 6.93. The standard InChI is InChI=1S/C22H36N6O2.HI/c1-5-21-26-25-18-28(21)15-14-24-22(23-13-8-16-29-6-2)27(4)17-19-9-11-20(12-10-19)30-7-3;/h9-12,18H,5-8,13-17H2,1-4H3,(H,23,24);1H. The fourth-order valence-corrected chi connectivity index (χ4v) is 3.04. The Bertz CT molecular complexity index is 751. The normalized spacial score (nSPS) is 11.2. The molecule has 31 heavy (non-hydrogen) atoms. The second-order valence-corrected chi connectivity index (χ2v) is 6.91. The summed E-state index contributed by atoms with van der Waals surface area (Å²) in [6.45, 7) is 11.3. The molecule has 2 rings (SSSR count). The van der Waals surface area contributed by atoms with Crippen LogP contribution in [0, 0.1) is 0 Å². The van der Waals surface area contributed by atoms with Gasteiger partial charge >= 0.3 is 0 Å². The molecule has 0 saturated heterocycles. The minimum atomic E-state index is 0. The van der Waals surface area contributed by atoms with Crippen LogP contribution in [0.5, 0.6) is 5.75 Å². The monoisotopic (exact) mass is 544 g/mol. The van der Waals surface area contributed by atoms with Crippen molar-refractivity contribution >= 4 is 29.9 Å². The molecule has 0 amide bonds. The molecule has 1 aromatic carbocycles. The summed E-state index contributed by atoms with van der Waals surface area (Å²) in [7, 11) is 2.06. The predicted molar refractivity (Wildman–Crippen MR) is 135 cm³/mol. The van der Waals surface area contributed by atoms with Crippen molar-refractivity contribution in [3.63, 3.8) is 0 Å². The van der Waals surface area contributed by atoms with E-state index in [1.165, 1.54) is 5.56 Å². The minimum absolute atomic E-state index is 0. The number of hydrogen-bond donors (Lipinski definition) is 1. The molecule has 0 bridgehead atoms. The third-order valence-corrected chi connectivity index (χ3v) is 4.58. The van der Waals surface area contributed by atoms with E-state index in [4.69, 9.17) is 14.5 Å². The fraction of sp³-hybridized carbons (Fsp3) is 0.591. The Morgan fingerprint density at radius 2 is 1.94 bits per heavy atom. The molecule has 0 saturated carbocycles. The first kappa shape index (κ1) is 27.2. The van der Waals surface area contributed by atoms with E-state index < -0.39 is 0 Å². The van der Waals surface area contributed by atoms with E-state index in [0.29, 0.717) is 6.61 Å². The molecule has 0 aliphatic rings. The zero-order valence-corrected chi connectivity index (χ0v) is 21.5. The number of nitrogens with one attached hydrogen (secondary N) is 1. The van der Waals surface area contributed by atoms with E-state index >= 15 is 0 Å². The summed E-state index contributed by atoms with van der Waals surface area (Å²) in [5, 5.41) is 11.6. The molecule has 0 radical (unpaired) electrons. The molecule has 1 N–H and O–H groups in total. The maximum Gasteiger partial charge on any atom is 0.194 e. The predicted octanol–water partition coefficient (Wildman–Crippen LogP) is 3.36. The lowest BCUT2D eigenvalue weighted by molar-refractivity contribution is 0.146. The van der Waals surface area contributed by atoms with Crippen LogP contribution in [-0.4, -0.2) is 65.6 Å². The molecular formula is C22H37IN6O2. The Morgan fingerprint density at radius 1 is 1.16 bits per heavy atom. The van der Waals surface area contributed by atoms with Gasteiger partial charge in [0.05, 0.1) is 6.61 Å². The number of hydrogen-bond acceptors (Lipinski definition) is 5. The second kappa shape index (κ2) is 15.9. The van der Waals surface area contributed by atoms with Crippen molar-refractivity contribution in [2.75, 3.05) is 40.0 Å². The summed E-state index contributed by atoms with van der Waals surface area (Å²) < 4.78 is 13.0. The Balaban J connectivity index is 0.00000480. The number of guanidine groups is 1. The molecule has 2 aromatic rings. The number of benzene rings is 1. The highest BCUT2D eigenvalue weighted by Crippen LogP contribution is 2.13. The molecule has 174 valence electrons. The zero-order valence-electron chi connectivity index (χ0n) is 19.2.